The summed E-state index contributed by atoms with van der Waals surface area (Å²) < 4.78 is 21.5. The van der Waals surface area contributed by atoms with E-state index in [0.717, 1.165) is 0 Å². The van der Waals surface area contributed by atoms with Gasteiger partial charge in [0, 0.05) is 25.0 Å². The number of hydrogen-bond acceptors (Lipinski definition) is 6. The molecule has 0 saturated carbocycles. The molecule has 3 aromatic rings. The molecular weight excluding hydrogens is 362 g/mol. The molecule has 1 heterocycles. The van der Waals surface area contributed by atoms with Gasteiger partial charge in [0.15, 0.2) is 0 Å². The summed E-state index contributed by atoms with van der Waals surface area (Å²) in [5, 5.41) is 0.656. The summed E-state index contributed by atoms with van der Waals surface area (Å²) in [5.74, 6) is 1.46. The molecule has 0 aliphatic heterocycles. The number of carbonyl (C=O) groups is 1. The van der Waals surface area contributed by atoms with E-state index in [1.54, 1.807) is 57.6 Å². The molecule has 7 nitrogen and oxygen atoms in total. The van der Waals surface area contributed by atoms with Crippen molar-refractivity contribution in [1.82, 2.24) is 4.90 Å². The number of nitrogens with zero attached hydrogens (tertiary/aromatic N) is 1. The molecule has 1 aromatic heterocycles. The van der Waals surface area contributed by atoms with E-state index >= 15 is 0 Å². The third-order valence-corrected chi connectivity index (χ3v) is 4.38. The van der Waals surface area contributed by atoms with Gasteiger partial charge in [-0.3, -0.25) is 0 Å². The monoisotopic (exact) mass is 383 g/mol. The van der Waals surface area contributed by atoms with Gasteiger partial charge in [-0.15, -0.1) is 0 Å². The minimum Gasteiger partial charge on any atom is -0.497 e. The first kappa shape index (κ1) is 19.3. The molecular formula is C21H21NO6. The molecule has 0 unspecified atom stereocenters. The highest BCUT2D eigenvalue weighted by Crippen LogP contribution is 2.36. The lowest BCUT2D eigenvalue weighted by molar-refractivity contribution is 0.172. The molecule has 0 aliphatic carbocycles. The zero-order valence-electron chi connectivity index (χ0n) is 16.4. The van der Waals surface area contributed by atoms with Gasteiger partial charge >= 0.3 is 11.7 Å². The lowest BCUT2D eigenvalue weighted by Gasteiger charge is -2.14. The van der Waals surface area contributed by atoms with Crippen molar-refractivity contribution in [3.8, 4) is 28.4 Å². The smallest absolute Gasteiger partial charge is 0.414 e. The first-order valence-corrected chi connectivity index (χ1v) is 8.54. The molecule has 146 valence electrons. The summed E-state index contributed by atoms with van der Waals surface area (Å²) in [6.07, 6.45) is -0.496. The predicted octanol–water partition coefficient (Wildman–Crippen LogP) is 3.85. The van der Waals surface area contributed by atoms with Crippen molar-refractivity contribution in [2.75, 3.05) is 28.3 Å². The van der Waals surface area contributed by atoms with Gasteiger partial charge in [0.1, 0.15) is 22.8 Å². The van der Waals surface area contributed by atoms with E-state index in [-0.39, 0.29) is 0 Å². The molecule has 0 atom stereocenters. The van der Waals surface area contributed by atoms with E-state index in [1.165, 1.54) is 12.0 Å². The van der Waals surface area contributed by atoms with Crippen molar-refractivity contribution in [2.24, 2.45) is 0 Å². The highest BCUT2D eigenvalue weighted by atomic mass is 16.6. The fourth-order valence-electron chi connectivity index (χ4n) is 2.91. The molecule has 0 saturated heterocycles. The fraction of sp³-hybridized carbons (Fsp3) is 0.238. The van der Waals surface area contributed by atoms with Gasteiger partial charge in [-0.1, -0.05) is 0 Å². The number of hydrogen-bond donors (Lipinski definition) is 0. The van der Waals surface area contributed by atoms with Gasteiger partial charge in [0.05, 0.1) is 19.8 Å². The highest BCUT2D eigenvalue weighted by Gasteiger charge is 2.19. The summed E-state index contributed by atoms with van der Waals surface area (Å²) in [6.45, 7) is 1.81. The molecule has 0 aliphatic rings. The Kier molecular flexibility index (Phi) is 5.26. The Hall–Kier alpha value is -3.48. The summed E-state index contributed by atoms with van der Waals surface area (Å²) in [4.78, 5) is 25.9. The van der Waals surface area contributed by atoms with Crippen molar-refractivity contribution in [3.63, 3.8) is 0 Å². The molecule has 1 amide bonds. The SMILES string of the molecule is COc1ccc(OC)c(-c2c(C)c3cc(OC(=O)N(C)C)ccc3oc2=O)c1. The number of aryl methyl sites for hydroxylation is 1. The van der Waals surface area contributed by atoms with Crippen molar-refractivity contribution >= 4 is 17.1 Å². The Bertz CT molecular complexity index is 1100. The zero-order chi connectivity index (χ0) is 20.4. The Morgan fingerprint density at radius 1 is 1.00 bits per heavy atom. The number of methoxy groups -OCH3 is 2. The predicted molar refractivity (Wildman–Crippen MR) is 105 cm³/mol. The number of benzene rings is 2. The second kappa shape index (κ2) is 7.64. The Morgan fingerprint density at radius 3 is 2.36 bits per heavy atom. The van der Waals surface area contributed by atoms with E-state index in [9.17, 15) is 9.59 Å². The van der Waals surface area contributed by atoms with E-state index in [2.05, 4.69) is 0 Å². The third-order valence-electron chi connectivity index (χ3n) is 4.38. The minimum atomic E-state index is -0.496. The standard InChI is InChI=1S/C21H21NO6/c1-12-15-11-14(27-21(24)22(2)3)7-9-18(15)28-20(23)19(12)16-10-13(25-4)6-8-17(16)26-5/h6-11H,1-5H3. The molecule has 0 fully saturated rings. The molecule has 0 N–H and O–H groups in total. The van der Waals surface area contributed by atoms with E-state index in [4.69, 9.17) is 18.6 Å². The molecule has 7 heteroatoms. The number of amides is 1. The van der Waals surface area contributed by atoms with Gasteiger partial charge in [-0.05, 0) is 48.9 Å². The van der Waals surface area contributed by atoms with Crippen LogP contribution in [0, 0.1) is 6.92 Å². The maximum absolute atomic E-state index is 12.7. The molecule has 3 rings (SSSR count). The zero-order valence-corrected chi connectivity index (χ0v) is 16.4. The first-order chi connectivity index (χ1) is 13.3. The van der Waals surface area contributed by atoms with Crippen molar-refractivity contribution in [2.45, 2.75) is 6.92 Å². The average molecular weight is 383 g/mol. The van der Waals surface area contributed by atoms with Crippen LogP contribution in [-0.2, 0) is 0 Å². The Labute approximate surface area is 162 Å². The fourth-order valence-corrected chi connectivity index (χ4v) is 2.91. The number of rotatable bonds is 4. The van der Waals surface area contributed by atoms with Gasteiger partial charge < -0.3 is 23.5 Å². The van der Waals surface area contributed by atoms with Gasteiger partial charge in [0.25, 0.3) is 0 Å². The van der Waals surface area contributed by atoms with E-state index < -0.39 is 11.7 Å². The van der Waals surface area contributed by atoms with Gasteiger partial charge in [-0.25, -0.2) is 9.59 Å². The maximum atomic E-state index is 12.7. The Morgan fingerprint density at radius 2 is 1.71 bits per heavy atom. The maximum Gasteiger partial charge on any atom is 0.414 e. The molecule has 28 heavy (non-hydrogen) atoms. The van der Waals surface area contributed by atoms with Gasteiger partial charge in [-0.2, -0.15) is 0 Å². The van der Waals surface area contributed by atoms with Crippen molar-refractivity contribution in [3.05, 3.63) is 52.4 Å². The summed E-state index contributed by atoms with van der Waals surface area (Å²) >= 11 is 0. The van der Waals surface area contributed by atoms with Crippen molar-refractivity contribution < 1.29 is 23.4 Å². The number of fused-ring (bicyclic) bond motifs is 1. The molecule has 0 radical (unpaired) electrons. The van der Waals surface area contributed by atoms with Crippen LogP contribution in [0.3, 0.4) is 0 Å². The second-order valence-corrected chi connectivity index (χ2v) is 6.38. The molecule has 0 spiro atoms. The number of ether oxygens (including phenoxy) is 3. The highest BCUT2D eigenvalue weighted by molar-refractivity contribution is 5.89. The van der Waals surface area contributed by atoms with Crippen LogP contribution in [-0.4, -0.2) is 39.3 Å². The molecule has 2 aromatic carbocycles. The lowest BCUT2D eigenvalue weighted by atomic mass is 9.98. The first-order valence-electron chi connectivity index (χ1n) is 8.54. The van der Waals surface area contributed by atoms with Crippen molar-refractivity contribution in [1.29, 1.82) is 0 Å². The van der Waals surface area contributed by atoms with Crippen LogP contribution in [0.4, 0.5) is 4.79 Å². The van der Waals surface area contributed by atoms with Crippen LogP contribution in [0.15, 0.2) is 45.6 Å². The van der Waals surface area contributed by atoms with Crippen LogP contribution in [0.25, 0.3) is 22.1 Å². The lowest BCUT2D eigenvalue weighted by Crippen LogP contribution is -2.25. The molecule has 0 bridgehead atoms. The summed E-state index contributed by atoms with van der Waals surface area (Å²) in [5.41, 5.74) is 1.51. The summed E-state index contributed by atoms with van der Waals surface area (Å²) in [6, 6.07) is 10.1. The van der Waals surface area contributed by atoms with Gasteiger partial charge in [0.2, 0.25) is 0 Å². The third kappa shape index (κ3) is 3.51. The topological polar surface area (TPSA) is 78.2 Å². The average Bonchev–Trinajstić information content (AvgIpc) is 2.68. The van der Waals surface area contributed by atoms with Crippen LogP contribution < -0.4 is 19.8 Å². The van der Waals surface area contributed by atoms with Crippen LogP contribution in [0.2, 0.25) is 0 Å². The normalized spacial score (nSPS) is 10.6. The van der Waals surface area contributed by atoms with E-state index in [1.807, 2.05) is 6.92 Å². The quantitative estimate of drug-likeness (QED) is 0.637. The second-order valence-electron chi connectivity index (χ2n) is 6.38. The van der Waals surface area contributed by atoms with Crippen LogP contribution in [0.1, 0.15) is 5.56 Å². The van der Waals surface area contributed by atoms with Crippen LogP contribution in [0.5, 0.6) is 17.2 Å². The Balaban J connectivity index is 2.22. The number of carbonyl (C=O) groups excluding carboxylic acids is 1. The largest absolute Gasteiger partial charge is 0.497 e. The summed E-state index contributed by atoms with van der Waals surface area (Å²) in [7, 11) is 6.27. The van der Waals surface area contributed by atoms with Crippen LogP contribution >= 0.6 is 0 Å². The minimum absolute atomic E-state index is 0.353. The van der Waals surface area contributed by atoms with E-state index in [0.29, 0.717) is 44.9 Å².